The first-order valence-corrected chi connectivity index (χ1v) is 11.5. The number of hydrogen-bond donors (Lipinski definition) is 2. The minimum absolute atomic E-state index is 0. The molecule has 4 heterocycles. The van der Waals surface area contributed by atoms with Crippen LogP contribution in [0.15, 0.2) is 53.2 Å². The van der Waals surface area contributed by atoms with Crippen LogP contribution in [0.25, 0.3) is 34.3 Å². The molecule has 0 radical (unpaired) electrons. The summed E-state index contributed by atoms with van der Waals surface area (Å²) in [4.78, 5) is 13.6. The fraction of sp³-hybridized carbons (Fsp3) is 0.308. The summed E-state index contributed by atoms with van der Waals surface area (Å²) in [7, 11) is 0. The van der Waals surface area contributed by atoms with Gasteiger partial charge in [0.05, 0.1) is 34.8 Å². The minimum atomic E-state index is -0.711. The molecule has 1 atom stereocenters. The van der Waals surface area contributed by atoms with Crippen molar-refractivity contribution in [3.8, 4) is 40.4 Å². The molecule has 178 valence electrons. The highest BCUT2D eigenvalue weighted by Gasteiger charge is 2.23. The average Bonchev–Trinajstić information content (AvgIpc) is 3.40. The first kappa shape index (κ1) is 22.8. The molecule has 9 nitrogen and oxygen atoms in total. The summed E-state index contributed by atoms with van der Waals surface area (Å²) >= 11 is 0. The van der Waals surface area contributed by atoms with E-state index in [1.54, 1.807) is 12.4 Å². The van der Waals surface area contributed by atoms with Crippen molar-refractivity contribution in [3.63, 3.8) is 0 Å². The molecule has 1 saturated heterocycles. The molecule has 2 N–H and O–H groups in total. The second kappa shape index (κ2) is 9.33. The number of benzene rings is 1. The molecular weight excluding hydrogens is 440 g/mol. The van der Waals surface area contributed by atoms with Gasteiger partial charge in [0.2, 0.25) is 5.89 Å². The molecule has 3 aromatic heterocycles. The van der Waals surface area contributed by atoms with Gasteiger partial charge in [0.25, 0.3) is 5.89 Å². The molecule has 0 spiro atoms. The van der Waals surface area contributed by atoms with E-state index in [4.69, 9.17) is 9.40 Å². The fourth-order valence-electron chi connectivity index (χ4n) is 3.96. The molecule has 0 amide bonds. The van der Waals surface area contributed by atoms with Gasteiger partial charge in [-0.2, -0.15) is 5.26 Å². The van der Waals surface area contributed by atoms with E-state index in [9.17, 15) is 5.26 Å². The van der Waals surface area contributed by atoms with Crippen LogP contribution in [0.4, 0.5) is 0 Å². The number of aryl methyl sites for hydroxylation is 1. The SMILES string of the molecule is Cc1ncc(-c2ccnc(C(C)(C)C#N)c2)nc1-c1nnc(-c2ccc(C3CNCCN3)cc2)o1.[HH]. The van der Waals surface area contributed by atoms with Gasteiger partial charge in [-0.1, -0.05) is 12.1 Å². The first-order valence-electron chi connectivity index (χ1n) is 11.5. The Hall–Kier alpha value is -4.00. The van der Waals surface area contributed by atoms with Crippen LogP contribution in [0.2, 0.25) is 0 Å². The van der Waals surface area contributed by atoms with Gasteiger partial charge in [-0.25, -0.2) is 4.98 Å². The van der Waals surface area contributed by atoms with Crippen molar-refractivity contribution in [2.24, 2.45) is 0 Å². The Labute approximate surface area is 205 Å². The number of nitrogens with one attached hydrogen (secondary N) is 2. The van der Waals surface area contributed by atoms with Gasteiger partial charge in [-0.3, -0.25) is 9.97 Å². The van der Waals surface area contributed by atoms with Crippen LogP contribution in [-0.2, 0) is 5.41 Å². The van der Waals surface area contributed by atoms with Crippen molar-refractivity contribution in [3.05, 3.63) is 65.7 Å². The lowest BCUT2D eigenvalue weighted by Gasteiger charge is -2.24. The molecule has 1 unspecified atom stereocenters. The number of nitriles is 1. The van der Waals surface area contributed by atoms with Crippen molar-refractivity contribution in [2.45, 2.75) is 32.2 Å². The highest BCUT2D eigenvalue weighted by Crippen LogP contribution is 2.29. The van der Waals surface area contributed by atoms with Crippen molar-refractivity contribution < 1.29 is 5.84 Å². The quantitative estimate of drug-likeness (QED) is 0.449. The van der Waals surface area contributed by atoms with Crippen molar-refractivity contribution in [1.29, 1.82) is 5.26 Å². The Kier molecular flexibility index (Phi) is 6.07. The van der Waals surface area contributed by atoms with Gasteiger partial charge in [0.1, 0.15) is 5.69 Å². The molecule has 0 saturated carbocycles. The first-order chi connectivity index (χ1) is 16.9. The monoisotopic (exact) mass is 468 g/mol. The number of piperazine rings is 1. The molecular formula is C26H28N8O. The van der Waals surface area contributed by atoms with Crippen molar-refractivity contribution >= 4 is 0 Å². The van der Waals surface area contributed by atoms with E-state index in [1.807, 2.05) is 45.0 Å². The van der Waals surface area contributed by atoms with E-state index >= 15 is 0 Å². The summed E-state index contributed by atoms with van der Waals surface area (Å²) in [6.45, 7) is 8.37. The molecule has 1 aliphatic rings. The topological polar surface area (TPSA) is 125 Å². The number of rotatable bonds is 5. The number of aromatic nitrogens is 5. The van der Waals surface area contributed by atoms with Gasteiger partial charge in [-0.15, -0.1) is 10.2 Å². The number of pyridine rings is 1. The van der Waals surface area contributed by atoms with Gasteiger partial charge < -0.3 is 15.1 Å². The summed E-state index contributed by atoms with van der Waals surface area (Å²) in [5.41, 5.74) is 4.67. The lowest BCUT2D eigenvalue weighted by atomic mass is 9.90. The third-order valence-electron chi connectivity index (χ3n) is 6.16. The largest absolute Gasteiger partial charge is 0.415 e. The van der Waals surface area contributed by atoms with Gasteiger partial charge in [0.15, 0.2) is 0 Å². The van der Waals surface area contributed by atoms with Crippen LogP contribution in [-0.4, -0.2) is 44.8 Å². The van der Waals surface area contributed by atoms with Crippen LogP contribution in [0.3, 0.4) is 0 Å². The maximum absolute atomic E-state index is 9.46. The van der Waals surface area contributed by atoms with E-state index in [-0.39, 0.29) is 1.43 Å². The molecule has 1 fully saturated rings. The highest BCUT2D eigenvalue weighted by atomic mass is 16.4. The molecule has 1 aliphatic heterocycles. The van der Waals surface area contributed by atoms with E-state index < -0.39 is 5.41 Å². The predicted octanol–water partition coefficient (Wildman–Crippen LogP) is 3.85. The third kappa shape index (κ3) is 4.67. The molecule has 1 aromatic carbocycles. The summed E-state index contributed by atoms with van der Waals surface area (Å²) in [5, 5.41) is 24.9. The van der Waals surface area contributed by atoms with Crippen LogP contribution >= 0.6 is 0 Å². The van der Waals surface area contributed by atoms with Gasteiger partial charge >= 0.3 is 0 Å². The van der Waals surface area contributed by atoms with E-state index in [0.717, 1.165) is 30.8 Å². The maximum atomic E-state index is 9.46. The van der Waals surface area contributed by atoms with Crippen molar-refractivity contribution in [2.75, 3.05) is 19.6 Å². The third-order valence-corrected chi connectivity index (χ3v) is 6.16. The van der Waals surface area contributed by atoms with Crippen LogP contribution < -0.4 is 10.6 Å². The Morgan fingerprint density at radius 1 is 1.06 bits per heavy atom. The standard InChI is InChI=1S/C26H26N8O.H2/c1-16-23(32-21(14-31-16)19-8-9-30-22(12-19)26(2,3)15-27)25-34-33-24(35-25)18-6-4-17(5-7-18)20-13-28-10-11-29-20;/h4-9,12,14,20,28-29H,10-11,13H2,1-3H3;1H. The van der Waals surface area contributed by atoms with Crippen molar-refractivity contribution in [1.82, 2.24) is 35.8 Å². The summed E-state index contributed by atoms with van der Waals surface area (Å²) in [5.74, 6) is 0.732. The summed E-state index contributed by atoms with van der Waals surface area (Å²) in [6.07, 6.45) is 3.37. The molecule has 5 rings (SSSR count). The zero-order valence-corrected chi connectivity index (χ0v) is 19.9. The Morgan fingerprint density at radius 2 is 1.86 bits per heavy atom. The van der Waals surface area contributed by atoms with Gasteiger partial charge in [0, 0.05) is 44.4 Å². The average molecular weight is 469 g/mol. The minimum Gasteiger partial charge on any atom is -0.415 e. The Morgan fingerprint density at radius 3 is 2.60 bits per heavy atom. The molecule has 9 heteroatoms. The molecule has 35 heavy (non-hydrogen) atoms. The predicted molar refractivity (Wildman–Crippen MR) is 133 cm³/mol. The van der Waals surface area contributed by atoms with Gasteiger partial charge in [-0.05, 0) is 50.6 Å². The number of nitrogens with zero attached hydrogens (tertiary/aromatic N) is 6. The number of hydrogen-bond acceptors (Lipinski definition) is 9. The zero-order valence-electron chi connectivity index (χ0n) is 19.9. The highest BCUT2D eigenvalue weighted by molar-refractivity contribution is 5.64. The Bertz CT molecular complexity index is 1390. The molecule has 0 aliphatic carbocycles. The lowest BCUT2D eigenvalue weighted by molar-refractivity contribution is 0.430. The second-order valence-electron chi connectivity index (χ2n) is 9.10. The van der Waals surface area contributed by atoms with E-state index in [2.05, 4.69) is 49.0 Å². The van der Waals surface area contributed by atoms with E-state index in [1.165, 1.54) is 5.56 Å². The van der Waals surface area contributed by atoms with E-state index in [0.29, 0.717) is 40.6 Å². The van der Waals surface area contributed by atoms with Crippen LogP contribution in [0.5, 0.6) is 0 Å². The van der Waals surface area contributed by atoms with Crippen LogP contribution in [0.1, 0.15) is 38.3 Å². The smallest absolute Gasteiger partial charge is 0.268 e. The normalized spacial score (nSPS) is 16.1. The van der Waals surface area contributed by atoms with Crippen LogP contribution in [0, 0.1) is 18.3 Å². The maximum Gasteiger partial charge on any atom is 0.268 e. The molecule has 4 aromatic rings. The second-order valence-corrected chi connectivity index (χ2v) is 9.10. The Balaban J connectivity index is 0.00000304. The summed E-state index contributed by atoms with van der Waals surface area (Å²) < 4.78 is 6.00. The summed E-state index contributed by atoms with van der Waals surface area (Å²) in [6, 6.07) is 14.4. The fourth-order valence-corrected chi connectivity index (χ4v) is 3.96. The molecule has 0 bridgehead atoms. The zero-order chi connectivity index (χ0) is 24.4. The lowest BCUT2D eigenvalue weighted by Crippen LogP contribution is -2.42.